The van der Waals surface area contributed by atoms with Gasteiger partial charge in [0.15, 0.2) is 0 Å². The number of sulfonamides is 1. The number of nitrogens with one attached hydrogen (secondary N) is 1. The van der Waals surface area contributed by atoms with E-state index in [9.17, 15) is 12.8 Å². The van der Waals surface area contributed by atoms with Crippen molar-refractivity contribution in [3.8, 4) is 0 Å². The van der Waals surface area contributed by atoms with Crippen LogP contribution < -0.4 is 10.5 Å². The monoisotopic (exact) mass is 301 g/mol. The van der Waals surface area contributed by atoms with Crippen molar-refractivity contribution in [1.29, 1.82) is 0 Å². The van der Waals surface area contributed by atoms with Crippen LogP contribution in [0.3, 0.4) is 0 Å². The molecule has 7 heteroatoms. The third-order valence-corrected chi connectivity index (χ3v) is 5.25. The predicted octanol–water partition coefficient (Wildman–Crippen LogP) is 1.09. The molecule has 2 rings (SSSR count). The van der Waals surface area contributed by atoms with E-state index in [0.717, 1.165) is 25.5 Å². The topological polar surface area (TPSA) is 75.4 Å². The van der Waals surface area contributed by atoms with Crippen LogP contribution in [0.2, 0.25) is 0 Å². The van der Waals surface area contributed by atoms with Gasteiger partial charge >= 0.3 is 0 Å². The van der Waals surface area contributed by atoms with Gasteiger partial charge in [-0.1, -0.05) is 0 Å². The van der Waals surface area contributed by atoms with Crippen LogP contribution in [0.25, 0.3) is 0 Å². The van der Waals surface area contributed by atoms with Crippen LogP contribution in [-0.4, -0.2) is 39.5 Å². The Morgan fingerprint density at radius 2 is 2.20 bits per heavy atom. The smallest absolute Gasteiger partial charge is 0.240 e. The van der Waals surface area contributed by atoms with Crippen LogP contribution in [0.1, 0.15) is 18.4 Å². The van der Waals surface area contributed by atoms with Crippen molar-refractivity contribution in [2.75, 3.05) is 25.9 Å². The van der Waals surface area contributed by atoms with Crippen molar-refractivity contribution in [1.82, 2.24) is 9.62 Å². The first-order valence-electron chi connectivity index (χ1n) is 6.57. The summed E-state index contributed by atoms with van der Waals surface area (Å²) >= 11 is 0. The standard InChI is InChI=1S/C13H20FN3O2S/c1-9-12(14)6-11(7-13(9)15)20(18,19)16-8-10-4-3-5-17(10)2/h6-7,10,16H,3-5,8,15H2,1-2H3. The molecule has 1 fully saturated rings. The minimum atomic E-state index is -3.73. The van der Waals surface area contributed by atoms with E-state index in [1.54, 1.807) is 0 Å². The van der Waals surface area contributed by atoms with Gasteiger partial charge in [0.2, 0.25) is 10.0 Å². The largest absolute Gasteiger partial charge is 0.398 e. The van der Waals surface area contributed by atoms with Gasteiger partial charge in [0, 0.05) is 23.8 Å². The summed E-state index contributed by atoms with van der Waals surface area (Å²) in [6, 6.07) is 2.49. The summed E-state index contributed by atoms with van der Waals surface area (Å²) < 4.78 is 40.4. The minimum absolute atomic E-state index is 0.126. The molecule has 3 N–H and O–H groups in total. The number of halogens is 1. The van der Waals surface area contributed by atoms with Crippen LogP contribution in [0, 0.1) is 12.7 Å². The molecule has 0 aliphatic carbocycles. The highest BCUT2D eigenvalue weighted by Crippen LogP contribution is 2.21. The second-order valence-corrected chi connectivity index (χ2v) is 7.01. The summed E-state index contributed by atoms with van der Waals surface area (Å²) in [5, 5.41) is 0. The maximum atomic E-state index is 13.6. The lowest BCUT2D eigenvalue weighted by molar-refractivity contribution is 0.311. The molecule has 1 aromatic rings. The molecule has 5 nitrogen and oxygen atoms in total. The Morgan fingerprint density at radius 1 is 1.50 bits per heavy atom. The van der Waals surface area contributed by atoms with Crippen molar-refractivity contribution >= 4 is 15.7 Å². The summed E-state index contributed by atoms with van der Waals surface area (Å²) in [6.07, 6.45) is 2.03. The number of hydrogen-bond acceptors (Lipinski definition) is 4. The van der Waals surface area contributed by atoms with Crippen LogP contribution >= 0.6 is 0 Å². The molecule has 1 aromatic carbocycles. The predicted molar refractivity (Wildman–Crippen MR) is 76.4 cm³/mol. The molecule has 1 atom stereocenters. The molecule has 0 spiro atoms. The molecule has 112 valence electrons. The van der Waals surface area contributed by atoms with E-state index in [-0.39, 0.29) is 22.2 Å². The molecule has 1 saturated heterocycles. The van der Waals surface area contributed by atoms with Gasteiger partial charge in [-0.25, -0.2) is 17.5 Å². The molecule has 1 unspecified atom stereocenters. The first-order valence-corrected chi connectivity index (χ1v) is 8.05. The zero-order chi connectivity index (χ0) is 14.9. The van der Waals surface area contributed by atoms with Crippen molar-refractivity contribution in [3.05, 3.63) is 23.5 Å². The Balaban J connectivity index is 2.14. The number of nitrogens with zero attached hydrogens (tertiary/aromatic N) is 1. The highest BCUT2D eigenvalue weighted by molar-refractivity contribution is 7.89. The van der Waals surface area contributed by atoms with E-state index >= 15 is 0 Å². The molecule has 1 aliphatic rings. The number of nitrogen functional groups attached to an aromatic ring is 1. The number of likely N-dealkylation sites (tertiary alicyclic amines) is 1. The first kappa shape index (κ1) is 15.2. The molecule has 20 heavy (non-hydrogen) atoms. The Hall–Kier alpha value is -1.18. The summed E-state index contributed by atoms with van der Waals surface area (Å²) in [5.41, 5.74) is 6.02. The summed E-state index contributed by atoms with van der Waals surface area (Å²) in [4.78, 5) is 1.99. The normalized spacial score (nSPS) is 20.4. The number of nitrogens with two attached hydrogens (primary N) is 1. The summed E-state index contributed by atoms with van der Waals surface area (Å²) in [7, 11) is -1.76. The molecule has 0 saturated carbocycles. The highest BCUT2D eigenvalue weighted by Gasteiger charge is 2.24. The Labute approximate surface area is 119 Å². The van der Waals surface area contributed by atoms with Gasteiger partial charge < -0.3 is 10.6 Å². The summed E-state index contributed by atoms with van der Waals surface area (Å²) in [6.45, 7) is 2.81. The third-order valence-electron chi connectivity index (χ3n) is 3.85. The van der Waals surface area contributed by atoms with Gasteiger partial charge in [0.1, 0.15) is 5.82 Å². The lowest BCUT2D eigenvalue weighted by Crippen LogP contribution is -2.38. The van der Waals surface area contributed by atoms with Gasteiger partial charge in [0.25, 0.3) is 0 Å². The highest BCUT2D eigenvalue weighted by atomic mass is 32.2. The van der Waals surface area contributed by atoms with Crippen LogP contribution in [-0.2, 0) is 10.0 Å². The Bertz CT molecular complexity index is 581. The minimum Gasteiger partial charge on any atom is -0.398 e. The van der Waals surface area contributed by atoms with E-state index in [0.29, 0.717) is 6.54 Å². The van der Waals surface area contributed by atoms with Gasteiger partial charge in [-0.2, -0.15) is 0 Å². The summed E-state index contributed by atoms with van der Waals surface area (Å²) in [5.74, 6) is -0.608. The zero-order valence-electron chi connectivity index (χ0n) is 11.7. The van der Waals surface area contributed by atoms with E-state index in [1.807, 2.05) is 7.05 Å². The maximum absolute atomic E-state index is 13.6. The average Bonchev–Trinajstić information content (AvgIpc) is 2.78. The molecule has 0 radical (unpaired) electrons. The van der Waals surface area contributed by atoms with Crippen LogP contribution in [0.15, 0.2) is 17.0 Å². The molecule has 0 amide bonds. The van der Waals surface area contributed by atoms with E-state index in [4.69, 9.17) is 5.73 Å². The third kappa shape index (κ3) is 3.11. The van der Waals surface area contributed by atoms with Gasteiger partial charge in [-0.05, 0) is 45.5 Å². The van der Waals surface area contributed by atoms with Crippen molar-refractivity contribution in [3.63, 3.8) is 0 Å². The second kappa shape index (κ2) is 5.67. The van der Waals surface area contributed by atoms with Gasteiger partial charge in [0.05, 0.1) is 4.90 Å². The number of benzene rings is 1. The zero-order valence-corrected chi connectivity index (χ0v) is 12.5. The first-order chi connectivity index (χ1) is 9.31. The van der Waals surface area contributed by atoms with Gasteiger partial charge in [-0.15, -0.1) is 0 Å². The fourth-order valence-electron chi connectivity index (χ4n) is 2.36. The second-order valence-electron chi connectivity index (χ2n) is 5.25. The quantitative estimate of drug-likeness (QED) is 0.816. The van der Waals surface area contributed by atoms with Gasteiger partial charge in [-0.3, -0.25) is 0 Å². The molecule has 0 aromatic heterocycles. The lowest BCUT2D eigenvalue weighted by Gasteiger charge is -2.19. The van der Waals surface area contributed by atoms with Crippen molar-refractivity contribution in [2.45, 2.75) is 30.7 Å². The molecular weight excluding hydrogens is 281 g/mol. The molecule has 1 heterocycles. The van der Waals surface area contributed by atoms with Crippen LogP contribution in [0.4, 0.5) is 10.1 Å². The number of likely N-dealkylation sites (N-methyl/N-ethyl adjacent to an activating group) is 1. The lowest BCUT2D eigenvalue weighted by atomic mass is 10.2. The average molecular weight is 301 g/mol. The van der Waals surface area contributed by atoms with Crippen molar-refractivity contribution in [2.24, 2.45) is 0 Å². The fourth-order valence-corrected chi connectivity index (χ4v) is 3.47. The van der Waals surface area contributed by atoms with Crippen LogP contribution in [0.5, 0.6) is 0 Å². The molecule has 1 aliphatic heterocycles. The Morgan fingerprint density at radius 3 is 2.75 bits per heavy atom. The van der Waals surface area contributed by atoms with E-state index in [1.165, 1.54) is 13.0 Å². The number of hydrogen-bond donors (Lipinski definition) is 2. The SMILES string of the molecule is Cc1c(N)cc(S(=O)(=O)NCC2CCCN2C)cc1F. The van der Waals surface area contributed by atoms with E-state index in [2.05, 4.69) is 9.62 Å². The number of rotatable bonds is 4. The Kier molecular flexibility index (Phi) is 4.31. The fraction of sp³-hybridized carbons (Fsp3) is 0.538. The molecule has 0 bridgehead atoms. The maximum Gasteiger partial charge on any atom is 0.240 e. The number of anilines is 1. The van der Waals surface area contributed by atoms with Crippen molar-refractivity contribution < 1.29 is 12.8 Å². The molecular formula is C13H20FN3O2S. The van der Waals surface area contributed by atoms with E-state index < -0.39 is 15.8 Å².